The topological polar surface area (TPSA) is 90.0 Å². The number of nitrogens with zero attached hydrogens (tertiary/aromatic N) is 2. The predicted molar refractivity (Wildman–Crippen MR) is 92.7 cm³/mol. The van der Waals surface area contributed by atoms with Gasteiger partial charge in [-0.1, -0.05) is 30.3 Å². The third-order valence-corrected chi connectivity index (χ3v) is 4.23. The third-order valence-electron chi connectivity index (χ3n) is 3.43. The van der Waals surface area contributed by atoms with Crippen molar-refractivity contribution >= 4 is 28.3 Å². The summed E-state index contributed by atoms with van der Waals surface area (Å²) in [5, 5.41) is 4.98. The number of carbonyl (C=O) groups is 2. The summed E-state index contributed by atoms with van der Waals surface area (Å²) in [5.41, 5.74) is 6.59. The number of nitrogens with two attached hydrogens (primary N) is 1. The van der Waals surface area contributed by atoms with Gasteiger partial charge >= 0.3 is 0 Å². The molecule has 3 rings (SSSR count). The van der Waals surface area contributed by atoms with Crippen molar-refractivity contribution in [3.8, 4) is 0 Å². The van der Waals surface area contributed by atoms with E-state index in [9.17, 15) is 9.59 Å². The van der Waals surface area contributed by atoms with Crippen LogP contribution in [-0.4, -0.2) is 21.4 Å². The number of anilines is 1. The molecule has 7 heteroatoms. The number of rotatable bonds is 6. The van der Waals surface area contributed by atoms with Crippen LogP contribution in [0.5, 0.6) is 0 Å². The van der Waals surface area contributed by atoms with Crippen LogP contribution in [-0.2, 0) is 16.0 Å². The second-order valence-electron chi connectivity index (χ2n) is 5.22. The molecule has 2 aromatic heterocycles. The van der Waals surface area contributed by atoms with E-state index < -0.39 is 11.9 Å². The molecule has 0 bridgehead atoms. The Morgan fingerprint density at radius 1 is 1.17 bits per heavy atom. The van der Waals surface area contributed by atoms with Gasteiger partial charge in [-0.2, -0.15) is 0 Å². The monoisotopic (exact) mass is 340 g/mol. The SMILES string of the molecule is NC(=O)Cc1csc(NC(=O)[C@H](c2ccccc2)n2cccc2)n1. The number of amides is 2. The second kappa shape index (κ2) is 7.10. The van der Waals surface area contributed by atoms with Gasteiger partial charge in [0, 0.05) is 17.8 Å². The van der Waals surface area contributed by atoms with E-state index in [1.165, 1.54) is 11.3 Å². The summed E-state index contributed by atoms with van der Waals surface area (Å²) < 4.78 is 1.84. The molecule has 6 nitrogen and oxygen atoms in total. The van der Waals surface area contributed by atoms with Crippen LogP contribution in [0, 0.1) is 0 Å². The fourth-order valence-electron chi connectivity index (χ4n) is 2.41. The van der Waals surface area contributed by atoms with E-state index in [1.807, 2.05) is 59.4 Å². The standard InChI is InChI=1S/C17H16N4O2S/c18-14(22)10-13-11-24-17(19-13)20-16(23)15(21-8-4-5-9-21)12-6-2-1-3-7-12/h1-9,11,15H,10H2,(H2,18,22)(H,19,20,23)/t15-/m0/s1. The maximum atomic E-state index is 12.8. The van der Waals surface area contributed by atoms with Crippen molar-refractivity contribution in [2.75, 3.05) is 5.32 Å². The zero-order chi connectivity index (χ0) is 16.9. The van der Waals surface area contributed by atoms with Gasteiger partial charge in [0.15, 0.2) is 5.13 Å². The number of nitrogens with one attached hydrogen (secondary N) is 1. The molecule has 1 atom stereocenters. The molecule has 3 aromatic rings. The third kappa shape index (κ3) is 3.69. The first-order valence-electron chi connectivity index (χ1n) is 7.34. The first kappa shape index (κ1) is 15.9. The van der Waals surface area contributed by atoms with Crippen molar-refractivity contribution in [1.29, 1.82) is 0 Å². The van der Waals surface area contributed by atoms with Crippen LogP contribution in [0.1, 0.15) is 17.3 Å². The second-order valence-corrected chi connectivity index (χ2v) is 6.08. The lowest BCUT2D eigenvalue weighted by Gasteiger charge is -2.18. The summed E-state index contributed by atoms with van der Waals surface area (Å²) in [6.07, 6.45) is 3.75. The van der Waals surface area contributed by atoms with Crippen molar-refractivity contribution in [1.82, 2.24) is 9.55 Å². The number of hydrogen-bond donors (Lipinski definition) is 2. The highest BCUT2D eigenvalue weighted by Crippen LogP contribution is 2.22. The average molecular weight is 340 g/mol. The van der Waals surface area contributed by atoms with Crippen LogP contribution in [0.3, 0.4) is 0 Å². The van der Waals surface area contributed by atoms with E-state index in [1.54, 1.807) is 5.38 Å². The number of thiazole rings is 1. The number of hydrogen-bond acceptors (Lipinski definition) is 4. The number of primary amides is 1. The molecular formula is C17H16N4O2S. The Morgan fingerprint density at radius 3 is 2.54 bits per heavy atom. The Labute approximate surface area is 142 Å². The molecule has 3 N–H and O–H groups in total. The Bertz CT molecular complexity index is 827. The summed E-state index contributed by atoms with van der Waals surface area (Å²) >= 11 is 1.27. The Balaban J connectivity index is 1.82. The molecule has 0 saturated carbocycles. The Kier molecular flexibility index (Phi) is 4.72. The number of benzene rings is 1. The molecule has 24 heavy (non-hydrogen) atoms. The van der Waals surface area contributed by atoms with Crippen LogP contribution in [0.4, 0.5) is 5.13 Å². The summed E-state index contributed by atoms with van der Waals surface area (Å²) in [7, 11) is 0. The molecule has 0 aliphatic rings. The molecule has 2 amide bonds. The molecular weight excluding hydrogens is 324 g/mol. The number of aromatic nitrogens is 2. The Morgan fingerprint density at radius 2 is 1.88 bits per heavy atom. The van der Waals surface area contributed by atoms with Gasteiger partial charge in [-0.15, -0.1) is 11.3 Å². The van der Waals surface area contributed by atoms with Gasteiger partial charge in [0.25, 0.3) is 5.91 Å². The Hall–Kier alpha value is -2.93. The maximum absolute atomic E-state index is 12.8. The highest BCUT2D eigenvalue weighted by molar-refractivity contribution is 7.13. The molecule has 0 spiro atoms. The fraction of sp³-hybridized carbons (Fsp3) is 0.118. The van der Waals surface area contributed by atoms with Gasteiger partial charge < -0.3 is 10.3 Å². The minimum absolute atomic E-state index is 0.0616. The van der Waals surface area contributed by atoms with E-state index in [2.05, 4.69) is 10.3 Å². The molecule has 0 aliphatic heterocycles. The van der Waals surface area contributed by atoms with Gasteiger partial charge in [0.1, 0.15) is 6.04 Å². The smallest absolute Gasteiger partial charge is 0.253 e. The van der Waals surface area contributed by atoms with E-state index in [0.29, 0.717) is 10.8 Å². The van der Waals surface area contributed by atoms with Crippen LogP contribution in [0.15, 0.2) is 60.2 Å². The van der Waals surface area contributed by atoms with Crippen molar-refractivity contribution in [3.63, 3.8) is 0 Å². The normalized spacial score (nSPS) is 11.8. The summed E-state index contributed by atoms with van der Waals surface area (Å²) in [5.74, 6) is -0.648. The maximum Gasteiger partial charge on any atom is 0.253 e. The van der Waals surface area contributed by atoms with Gasteiger partial charge in [0.2, 0.25) is 5.91 Å². The lowest BCUT2D eigenvalue weighted by Crippen LogP contribution is -2.26. The van der Waals surface area contributed by atoms with Crippen LogP contribution in [0.2, 0.25) is 0 Å². The van der Waals surface area contributed by atoms with E-state index in [-0.39, 0.29) is 12.3 Å². The quantitative estimate of drug-likeness (QED) is 0.721. The molecule has 0 saturated heterocycles. The zero-order valence-electron chi connectivity index (χ0n) is 12.8. The fourth-order valence-corrected chi connectivity index (χ4v) is 3.13. The molecule has 0 radical (unpaired) electrons. The zero-order valence-corrected chi connectivity index (χ0v) is 13.6. The lowest BCUT2D eigenvalue weighted by molar-refractivity contribution is -0.118. The first-order valence-corrected chi connectivity index (χ1v) is 8.22. The van der Waals surface area contributed by atoms with Crippen LogP contribution >= 0.6 is 11.3 Å². The summed E-state index contributed by atoms with van der Waals surface area (Å²) in [6.45, 7) is 0. The van der Waals surface area contributed by atoms with Crippen molar-refractivity contribution < 1.29 is 9.59 Å². The van der Waals surface area contributed by atoms with Crippen molar-refractivity contribution in [2.24, 2.45) is 5.73 Å². The predicted octanol–water partition coefficient (Wildman–Crippen LogP) is 2.20. The summed E-state index contributed by atoms with van der Waals surface area (Å²) in [4.78, 5) is 28.0. The number of carbonyl (C=O) groups excluding carboxylic acids is 2. The minimum Gasteiger partial charge on any atom is -0.369 e. The molecule has 122 valence electrons. The van der Waals surface area contributed by atoms with E-state index in [4.69, 9.17) is 5.73 Å². The van der Waals surface area contributed by atoms with Crippen molar-refractivity contribution in [3.05, 3.63) is 71.5 Å². The molecule has 2 heterocycles. The van der Waals surface area contributed by atoms with Crippen LogP contribution < -0.4 is 11.1 Å². The van der Waals surface area contributed by atoms with E-state index in [0.717, 1.165) is 5.56 Å². The van der Waals surface area contributed by atoms with Crippen LogP contribution in [0.25, 0.3) is 0 Å². The molecule has 1 aromatic carbocycles. The summed E-state index contributed by atoms with van der Waals surface area (Å²) in [6, 6.07) is 12.8. The van der Waals surface area contributed by atoms with E-state index >= 15 is 0 Å². The minimum atomic E-state index is -0.496. The first-order chi connectivity index (χ1) is 11.6. The van der Waals surface area contributed by atoms with Crippen molar-refractivity contribution in [2.45, 2.75) is 12.5 Å². The highest BCUT2D eigenvalue weighted by Gasteiger charge is 2.22. The van der Waals surface area contributed by atoms with Gasteiger partial charge in [0.05, 0.1) is 12.1 Å². The average Bonchev–Trinajstić information content (AvgIpc) is 3.21. The van der Waals surface area contributed by atoms with Gasteiger partial charge in [-0.05, 0) is 17.7 Å². The molecule has 0 fully saturated rings. The molecule has 0 unspecified atom stereocenters. The largest absolute Gasteiger partial charge is 0.369 e. The lowest BCUT2D eigenvalue weighted by atomic mass is 10.1. The highest BCUT2D eigenvalue weighted by atomic mass is 32.1. The van der Waals surface area contributed by atoms with Gasteiger partial charge in [-0.3, -0.25) is 14.9 Å². The molecule has 0 aliphatic carbocycles. The van der Waals surface area contributed by atoms with Gasteiger partial charge in [-0.25, -0.2) is 4.98 Å².